The van der Waals surface area contributed by atoms with Crippen LogP contribution in [-0.2, 0) is 28.9 Å². The first-order chi connectivity index (χ1) is 23.4. The highest BCUT2D eigenvalue weighted by Crippen LogP contribution is 2.24. The standard InChI is InChI=1S/C41H53N3O4/c1-5-8-18-35-28-37-29-36(41(47)43(31-38(45)48-4)30-33-15-12-11-13-16-33)23-27-44(37)39(35)40(46)34-21-19-32(20-22-34)17-14-26-42(24-9-6-2)25-10-7-3/h11-13,15-16,19-23,27-29H,5-10,14,17-18,24-26,30-31H2,1-4H3. The first kappa shape index (κ1) is 36.6. The topological polar surface area (TPSA) is 71.3 Å². The van der Waals surface area contributed by atoms with Gasteiger partial charge in [-0.2, -0.15) is 0 Å². The molecule has 2 aromatic heterocycles. The number of methoxy groups -OCH3 is 1. The average Bonchev–Trinajstić information content (AvgIpc) is 3.48. The molecule has 0 spiro atoms. The molecule has 0 radical (unpaired) electrons. The Labute approximate surface area is 286 Å². The van der Waals surface area contributed by atoms with E-state index in [1.165, 1.54) is 56.3 Å². The maximum atomic E-state index is 14.1. The molecule has 0 fully saturated rings. The monoisotopic (exact) mass is 651 g/mol. The smallest absolute Gasteiger partial charge is 0.325 e. The summed E-state index contributed by atoms with van der Waals surface area (Å²) < 4.78 is 6.79. The zero-order chi connectivity index (χ0) is 34.3. The number of benzene rings is 2. The quantitative estimate of drug-likeness (QED) is 0.0712. The normalized spacial score (nSPS) is 11.3. The Kier molecular flexibility index (Phi) is 14.4. The third-order valence-corrected chi connectivity index (χ3v) is 8.98. The highest BCUT2D eigenvalue weighted by Gasteiger charge is 2.23. The van der Waals surface area contributed by atoms with Crippen molar-refractivity contribution in [2.24, 2.45) is 0 Å². The number of ketones is 1. The van der Waals surface area contributed by atoms with Gasteiger partial charge in [-0.25, -0.2) is 0 Å². The predicted molar refractivity (Wildman–Crippen MR) is 194 cm³/mol. The van der Waals surface area contributed by atoms with Gasteiger partial charge in [-0.3, -0.25) is 14.4 Å². The van der Waals surface area contributed by atoms with Gasteiger partial charge < -0.3 is 18.9 Å². The molecule has 2 heterocycles. The summed E-state index contributed by atoms with van der Waals surface area (Å²) in [5, 5.41) is 0. The summed E-state index contributed by atoms with van der Waals surface area (Å²) in [5.74, 6) is -0.775. The molecule has 0 aliphatic carbocycles. The lowest BCUT2D eigenvalue weighted by Crippen LogP contribution is -2.35. The molecule has 0 bridgehead atoms. The lowest BCUT2D eigenvalue weighted by molar-refractivity contribution is -0.141. The van der Waals surface area contributed by atoms with Crippen LogP contribution in [0.5, 0.6) is 0 Å². The van der Waals surface area contributed by atoms with Crippen LogP contribution in [0, 0.1) is 0 Å². The van der Waals surface area contributed by atoms with Crippen LogP contribution < -0.4 is 0 Å². The van der Waals surface area contributed by atoms with Crippen molar-refractivity contribution in [2.75, 3.05) is 33.3 Å². The van der Waals surface area contributed by atoms with E-state index in [0.29, 0.717) is 16.8 Å². The second-order valence-electron chi connectivity index (χ2n) is 12.7. The molecule has 0 aliphatic rings. The Hall–Kier alpha value is -4.23. The molecule has 0 aliphatic heterocycles. The van der Waals surface area contributed by atoms with Crippen LogP contribution in [0.4, 0.5) is 0 Å². The Morgan fingerprint density at radius 1 is 0.708 bits per heavy atom. The molecule has 0 unspecified atom stereocenters. The number of hydrogen-bond donors (Lipinski definition) is 0. The maximum Gasteiger partial charge on any atom is 0.325 e. The first-order valence-corrected chi connectivity index (χ1v) is 17.8. The van der Waals surface area contributed by atoms with Crippen LogP contribution in [0.15, 0.2) is 79.0 Å². The van der Waals surface area contributed by atoms with Crippen molar-refractivity contribution < 1.29 is 19.1 Å². The highest BCUT2D eigenvalue weighted by molar-refractivity contribution is 6.10. The van der Waals surface area contributed by atoms with E-state index in [2.05, 4.69) is 37.8 Å². The van der Waals surface area contributed by atoms with Crippen molar-refractivity contribution in [1.82, 2.24) is 14.2 Å². The van der Waals surface area contributed by atoms with Crippen molar-refractivity contribution in [3.63, 3.8) is 0 Å². The van der Waals surface area contributed by atoms with E-state index in [0.717, 1.165) is 55.3 Å². The summed E-state index contributed by atoms with van der Waals surface area (Å²) >= 11 is 0. The maximum absolute atomic E-state index is 14.1. The number of carbonyl (C=O) groups is 3. The molecule has 7 heteroatoms. The van der Waals surface area contributed by atoms with E-state index < -0.39 is 5.97 Å². The summed E-state index contributed by atoms with van der Waals surface area (Å²) in [6.45, 7) is 10.2. The first-order valence-electron chi connectivity index (χ1n) is 17.8. The van der Waals surface area contributed by atoms with Gasteiger partial charge in [0.2, 0.25) is 5.78 Å². The van der Waals surface area contributed by atoms with Gasteiger partial charge in [0.05, 0.1) is 12.8 Å². The van der Waals surface area contributed by atoms with Crippen molar-refractivity contribution in [2.45, 2.75) is 85.1 Å². The van der Waals surface area contributed by atoms with Crippen molar-refractivity contribution >= 4 is 23.2 Å². The molecular weight excluding hydrogens is 598 g/mol. The zero-order valence-corrected chi connectivity index (χ0v) is 29.4. The fourth-order valence-electron chi connectivity index (χ4n) is 6.15. The molecule has 2 aromatic carbocycles. The number of esters is 1. The number of ether oxygens (including phenoxy) is 1. The summed E-state index contributed by atoms with van der Waals surface area (Å²) in [5.41, 5.74) is 5.68. The molecule has 0 saturated carbocycles. The minimum atomic E-state index is -0.482. The number of pyridine rings is 1. The Morgan fingerprint density at radius 3 is 2.02 bits per heavy atom. The SMILES string of the molecule is CCCCc1cc2cc(C(=O)N(CC(=O)OC)Cc3ccccc3)ccn2c1C(=O)c1ccc(CCCN(CCCC)CCCC)cc1. The number of amides is 1. The van der Waals surface area contributed by atoms with Crippen molar-refractivity contribution in [3.8, 4) is 0 Å². The second kappa shape index (κ2) is 18.9. The minimum Gasteiger partial charge on any atom is -0.468 e. The largest absolute Gasteiger partial charge is 0.468 e. The van der Waals surface area contributed by atoms with E-state index in [1.807, 2.05) is 59.0 Å². The summed E-state index contributed by atoms with van der Waals surface area (Å²) in [6.07, 6.45) is 11.6. The predicted octanol–water partition coefficient (Wildman–Crippen LogP) is 8.16. The van der Waals surface area contributed by atoms with Gasteiger partial charge in [-0.1, -0.05) is 94.6 Å². The van der Waals surface area contributed by atoms with Gasteiger partial charge in [0, 0.05) is 29.4 Å². The summed E-state index contributed by atoms with van der Waals surface area (Å²) in [6, 6.07) is 23.3. The molecule has 0 saturated heterocycles. The molecule has 7 nitrogen and oxygen atoms in total. The van der Waals surface area contributed by atoms with Crippen LogP contribution in [0.3, 0.4) is 0 Å². The molecule has 256 valence electrons. The number of hydrogen-bond acceptors (Lipinski definition) is 5. The molecule has 1 amide bonds. The zero-order valence-electron chi connectivity index (χ0n) is 29.4. The number of aryl methyl sites for hydroxylation is 2. The minimum absolute atomic E-state index is 0.0200. The van der Waals surface area contributed by atoms with E-state index in [4.69, 9.17) is 4.74 Å². The van der Waals surface area contributed by atoms with Gasteiger partial charge in [0.15, 0.2) is 0 Å². The van der Waals surface area contributed by atoms with E-state index in [1.54, 1.807) is 12.3 Å². The van der Waals surface area contributed by atoms with Gasteiger partial charge in [-0.05, 0) is 93.0 Å². The highest BCUT2D eigenvalue weighted by atomic mass is 16.5. The van der Waals surface area contributed by atoms with Gasteiger partial charge in [-0.15, -0.1) is 0 Å². The number of fused-ring (bicyclic) bond motifs is 1. The van der Waals surface area contributed by atoms with E-state index in [9.17, 15) is 14.4 Å². The number of aromatic nitrogens is 1. The van der Waals surface area contributed by atoms with Crippen molar-refractivity contribution in [3.05, 3.63) is 113 Å². The van der Waals surface area contributed by atoms with Gasteiger partial charge in [0.25, 0.3) is 5.91 Å². The van der Waals surface area contributed by atoms with E-state index in [-0.39, 0.29) is 24.8 Å². The van der Waals surface area contributed by atoms with Crippen LogP contribution in [0.2, 0.25) is 0 Å². The molecule has 4 rings (SSSR count). The van der Waals surface area contributed by atoms with Gasteiger partial charge >= 0.3 is 5.97 Å². The lowest BCUT2D eigenvalue weighted by atomic mass is 10.00. The third-order valence-electron chi connectivity index (χ3n) is 8.98. The number of carbonyl (C=O) groups excluding carboxylic acids is 3. The van der Waals surface area contributed by atoms with Crippen LogP contribution in [-0.4, -0.2) is 65.1 Å². The Bertz CT molecular complexity index is 1600. The van der Waals surface area contributed by atoms with Crippen LogP contribution >= 0.6 is 0 Å². The van der Waals surface area contributed by atoms with Crippen LogP contribution in [0.25, 0.3) is 5.52 Å². The average molecular weight is 652 g/mol. The van der Waals surface area contributed by atoms with Crippen molar-refractivity contribution in [1.29, 1.82) is 0 Å². The van der Waals surface area contributed by atoms with Crippen LogP contribution in [0.1, 0.15) is 109 Å². The number of nitrogens with zero attached hydrogens (tertiary/aromatic N) is 3. The molecule has 4 aromatic rings. The van der Waals surface area contributed by atoms with Gasteiger partial charge in [0.1, 0.15) is 6.54 Å². The second-order valence-corrected chi connectivity index (χ2v) is 12.7. The molecule has 0 N–H and O–H groups in total. The third kappa shape index (κ3) is 10.1. The molecule has 48 heavy (non-hydrogen) atoms. The fourth-order valence-corrected chi connectivity index (χ4v) is 6.15. The Balaban J connectivity index is 1.53. The fraction of sp³-hybridized carbons (Fsp3) is 0.439. The number of rotatable bonds is 20. The Morgan fingerprint density at radius 2 is 1.38 bits per heavy atom. The van der Waals surface area contributed by atoms with E-state index >= 15 is 0 Å². The summed E-state index contributed by atoms with van der Waals surface area (Å²) in [7, 11) is 1.32. The molecular formula is C41H53N3O4. The molecule has 0 atom stereocenters. The lowest BCUT2D eigenvalue weighted by Gasteiger charge is -2.22. The number of unbranched alkanes of at least 4 members (excludes halogenated alkanes) is 3. The summed E-state index contributed by atoms with van der Waals surface area (Å²) in [4.78, 5) is 44.1.